The van der Waals surface area contributed by atoms with E-state index in [1.165, 1.54) is 0 Å². The molecule has 9 heteroatoms. The van der Waals surface area contributed by atoms with Crippen molar-refractivity contribution in [2.24, 2.45) is 11.7 Å². The zero-order valence-corrected chi connectivity index (χ0v) is 17.7. The molecule has 0 aliphatic heterocycles. The molecule has 0 spiro atoms. The highest BCUT2D eigenvalue weighted by Crippen LogP contribution is 2.10. The summed E-state index contributed by atoms with van der Waals surface area (Å²) in [7, 11) is 0. The SMILES string of the molecule is CC(C)C[C@@H](NC(=O)OC(C)(C)C)C(=O)NOCc1ccc(CN)cc1.O=CO. The van der Waals surface area contributed by atoms with Crippen LogP contribution in [0.25, 0.3) is 0 Å². The summed E-state index contributed by atoms with van der Waals surface area (Å²) < 4.78 is 5.21. The van der Waals surface area contributed by atoms with E-state index < -0.39 is 23.6 Å². The topological polar surface area (TPSA) is 140 Å². The predicted octanol–water partition coefficient (Wildman–Crippen LogP) is 2.33. The van der Waals surface area contributed by atoms with Gasteiger partial charge in [0.05, 0.1) is 6.61 Å². The van der Waals surface area contributed by atoms with Gasteiger partial charge in [-0.05, 0) is 44.2 Å². The summed E-state index contributed by atoms with van der Waals surface area (Å²) in [5.74, 6) is -0.201. The lowest BCUT2D eigenvalue weighted by Gasteiger charge is -2.24. The normalized spacial score (nSPS) is 11.7. The Morgan fingerprint density at radius 2 is 1.69 bits per heavy atom. The van der Waals surface area contributed by atoms with Crippen LogP contribution in [0, 0.1) is 5.92 Å². The number of nitrogens with one attached hydrogen (secondary N) is 2. The predicted molar refractivity (Wildman–Crippen MR) is 109 cm³/mol. The van der Waals surface area contributed by atoms with Gasteiger partial charge in [-0.3, -0.25) is 14.4 Å². The van der Waals surface area contributed by atoms with Gasteiger partial charge in [0.1, 0.15) is 11.6 Å². The highest BCUT2D eigenvalue weighted by Gasteiger charge is 2.25. The van der Waals surface area contributed by atoms with Gasteiger partial charge in [0, 0.05) is 6.54 Å². The number of nitrogens with two attached hydrogens (primary N) is 1. The molecule has 0 aliphatic rings. The lowest BCUT2D eigenvalue weighted by Crippen LogP contribution is -2.48. The summed E-state index contributed by atoms with van der Waals surface area (Å²) >= 11 is 0. The number of hydrogen-bond donors (Lipinski definition) is 4. The van der Waals surface area contributed by atoms with E-state index in [1.807, 2.05) is 38.1 Å². The number of hydrogen-bond acceptors (Lipinski definition) is 6. The standard InChI is InChI=1S/C19H31N3O4.CH2O2/c1-13(2)10-16(21-18(24)26-19(3,4)5)17(23)22-25-12-15-8-6-14(11-20)7-9-15;2-1-3/h6-9,13,16H,10-12,20H2,1-5H3,(H,21,24)(H,22,23);1H,(H,2,3)/t16-;/m1./s1. The summed E-state index contributed by atoms with van der Waals surface area (Å²) in [6.45, 7) is 9.69. The van der Waals surface area contributed by atoms with Crippen molar-refractivity contribution >= 4 is 18.5 Å². The van der Waals surface area contributed by atoms with Crippen LogP contribution in [0.3, 0.4) is 0 Å². The summed E-state index contributed by atoms with van der Waals surface area (Å²) in [6.07, 6.45) is -0.157. The van der Waals surface area contributed by atoms with Gasteiger partial charge in [-0.15, -0.1) is 0 Å². The molecule has 0 aromatic heterocycles. The highest BCUT2D eigenvalue weighted by atomic mass is 16.7. The largest absolute Gasteiger partial charge is 0.483 e. The van der Waals surface area contributed by atoms with E-state index in [-0.39, 0.29) is 19.0 Å². The molecule has 29 heavy (non-hydrogen) atoms. The van der Waals surface area contributed by atoms with Crippen LogP contribution in [0.5, 0.6) is 0 Å². The Kier molecular flexibility index (Phi) is 12.3. The minimum absolute atomic E-state index is 0.212. The minimum Gasteiger partial charge on any atom is -0.483 e. The number of carboxylic acid groups (broad SMARTS) is 1. The molecule has 5 N–H and O–H groups in total. The molecule has 0 radical (unpaired) electrons. The van der Waals surface area contributed by atoms with Gasteiger partial charge < -0.3 is 20.9 Å². The second-order valence-electron chi connectivity index (χ2n) is 7.71. The van der Waals surface area contributed by atoms with Crippen molar-refractivity contribution in [3.8, 4) is 0 Å². The maximum atomic E-state index is 12.3. The number of amides is 2. The van der Waals surface area contributed by atoms with Gasteiger partial charge in [-0.1, -0.05) is 38.1 Å². The molecule has 0 unspecified atom stereocenters. The Bertz CT molecular complexity index is 626. The maximum Gasteiger partial charge on any atom is 0.408 e. The second kappa shape index (κ2) is 13.5. The van der Waals surface area contributed by atoms with Crippen LogP contribution in [-0.2, 0) is 32.3 Å². The Hall–Kier alpha value is -2.65. The number of alkyl carbamates (subject to hydrolysis) is 1. The smallest absolute Gasteiger partial charge is 0.408 e. The quantitative estimate of drug-likeness (QED) is 0.380. The molecule has 0 fully saturated rings. The third-order valence-corrected chi connectivity index (χ3v) is 3.38. The second-order valence-corrected chi connectivity index (χ2v) is 7.71. The lowest BCUT2D eigenvalue weighted by molar-refractivity contribution is -0.137. The van der Waals surface area contributed by atoms with Crippen LogP contribution < -0.4 is 16.5 Å². The van der Waals surface area contributed by atoms with Crippen LogP contribution in [0.1, 0.15) is 52.2 Å². The molecule has 9 nitrogen and oxygen atoms in total. The molecule has 0 heterocycles. The van der Waals surface area contributed by atoms with Crippen molar-refractivity contribution in [3.63, 3.8) is 0 Å². The molecule has 2 amide bonds. The monoisotopic (exact) mass is 411 g/mol. The van der Waals surface area contributed by atoms with Crippen LogP contribution in [0.2, 0.25) is 0 Å². The molecule has 1 atom stereocenters. The first-order valence-corrected chi connectivity index (χ1v) is 9.29. The average Bonchev–Trinajstić information content (AvgIpc) is 2.60. The molecule has 1 aromatic rings. The number of ether oxygens (including phenoxy) is 1. The van der Waals surface area contributed by atoms with E-state index in [2.05, 4.69) is 10.8 Å². The molecular weight excluding hydrogens is 378 g/mol. The first-order chi connectivity index (χ1) is 13.5. The molecule has 0 saturated carbocycles. The molecule has 0 bridgehead atoms. The lowest BCUT2D eigenvalue weighted by atomic mass is 10.0. The van der Waals surface area contributed by atoms with E-state index in [4.69, 9.17) is 25.2 Å². The Balaban J connectivity index is 0.00000245. The number of benzene rings is 1. The molecule has 0 saturated heterocycles. The van der Waals surface area contributed by atoms with E-state index in [9.17, 15) is 9.59 Å². The maximum absolute atomic E-state index is 12.3. The van der Waals surface area contributed by atoms with E-state index in [0.717, 1.165) is 11.1 Å². The first kappa shape index (κ1) is 26.4. The summed E-state index contributed by atoms with van der Waals surface area (Å²) in [4.78, 5) is 37.9. The van der Waals surface area contributed by atoms with Crippen molar-refractivity contribution in [3.05, 3.63) is 35.4 Å². The van der Waals surface area contributed by atoms with E-state index >= 15 is 0 Å². The molecule has 0 aliphatic carbocycles. The number of hydroxylamine groups is 1. The number of rotatable bonds is 8. The van der Waals surface area contributed by atoms with Crippen LogP contribution in [-0.4, -0.2) is 35.2 Å². The van der Waals surface area contributed by atoms with Gasteiger partial charge in [0.15, 0.2) is 0 Å². The van der Waals surface area contributed by atoms with E-state index in [1.54, 1.807) is 20.8 Å². The minimum atomic E-state index is -0.732. The zero-order chi connectivity index (χ0) is 22.4. The van der Waals surface area contributed by atoms with Crippen molar-refractivity contribution < 1.29 is 29.1 Å². The molecule has 1 aromatic carbocycles. The Morgan fingerprint density at radius 3 is 2.14 bits per heavy atom. The average molecular weight is 411 g/mol. The summed E-state index contributed by atoms with van der Waals surface area (Å²) in [6, 6.07) is 6.86. The third kappa shape index (κ3) is 13.2. The Labute approximate surface area is 171 Å². The number of carbonyl (C=O) groups is 3. The fourth-order valence-corrected chi connectivity index (χ4v) is 2.19. The van der Waals surface area contributed by atoms with Crippen molar-refractivity contribution in [2.75, 3.05) is 0 Å². The fourth-order valence-electron chi connectivity index (χ4n) is 2.19. The van der Waals surface area contributed by atoms with Crippen molar-refractivity contribution in [2.45, 2.75) is 65.8 Å². The van der Waals surface area contributed by atoms with Crippen LogP contribution in [0.4, 0.5) is 4.79 Å². The molecule has 164 valence electrons. The van der Waals surface area contributed by atoms with Gasteiger partial charge in [-0.2, -0.15) is 0 Å². The number of carbonyl (C=O) groups excluding carboxylic acids is 2. The third-order valence-electron chi connectivity index (χ3n) is 3.38. The highest BCUT2D eigenvalue weighted by molar-refractivity contribution is 5.84. The van der Waals surface area contributed by atoms with Crippen molar-refractivity contribution in [1.29, 1.82) is 0 Å². The van der Waals surface area contributed by atoms with Gasteiger partial charge in [-0.25, -0.2) is 10.3 Å². The summed E-state index contributed by atoms with van der Waals surface area (Å²) in [5, 5.41) is 9.49. The molecular formula is C20H33N3O6. The zero-order valence-electron chi connectivity index (χ0n) is 17.7. The van der Waals surface area contributed by atoms with Gasteiger partial charge in [0.2, 0.25) is 0 Å². The Morgan fingerprint density at radius 1 is 1.17 bits per heavy atom. The van der Waals surface area contributed by atoms with Crippen LogP contribution in [0.15, 0.2) is 24.3 Å². The first-order valence-electron chi connectivity index (χ1n) is 9.29. The van der Waals surface area contributed by atoms with Gasteiger partial charge >= 0.3 is 6.09 Å². The van der Waals surface area contributed by atoms with E-state index in [0.29, 0.717) is 13.0 Å². The molecule has 1 rings (SSSR count). The van der Waals surface area contributed by atoms with Crippen molar-refractivity contribution in [1.82, 2.24) is 10.8 Å². The van der Waals surface area contributed by atoms with Gasteiger partial charge in [0.25, 0.3) is 12.4 Å². The fraction of sp³-hybridized carbons (Fsp3) is 0.550. The van der Waals surface area contributed by atoms with Crippen LogP contribution >= 0.6 is 0 Å². The summed E-state index contributed by atoms with van der Waals surface area (Å²) in [5.41, 5.74) is 9.26.